The van der Waals surface area contributed by atoms with Gasteiger partial charge in [0.15, 0.2) is 0 Å². The van der Waals surface area contributed by atoms with Gasteiger partial charge < -0.3 is 15.0 Å². The number of piperidine rings is 1. The van der Waals surface area contributed by atoms with Gasteiger partial charge in [-0.3, -0.25) is 14.8 Å². The van der Waals surface area contributed by atoms with E-state index >= 15 is 0 Å². The third kappa shape index (κ3) is 8.60. The van der Waals surface area contributed by atoms with Crippen LogP contribution in [0.15, 0.2) is 29.2 Å². The number of amides is 2. The van der Waals surface area contributed by atoms with E-state index in [2.05, 4.69) is 5.32 Å². The molecule has 1 fully saturated rings. The third-order valence-corrected chi connectivity index (χ3v) is 7.96. The summed E-state index contributed by atoms with van der Waals surface area (Å²) < 4.78 is 33.4. The number of nitrogens with zero attached hydrogens (tertiary/aromatic N) is 2. The van der Waals surface area contributed by atoms with Crippen LogP contribution in [0.1, 0.15) is 46.5 Å². The number of hydrogen-bond donors (Lipinski definition) is 3. The van der Waals surface area contributed by atoms with Crippen molar-refractivity contribution in [2.75, 3.05) is 33.8 Å². The van der Waals surface area contributed by atoms with E-state index < -0.39 is 27.4 Å². The lowest BCUT2D eigenvalue weighted by Crippen LogP contribution is -2.52. The quantitative estimate of drug-likeness (QED) is 0.309. The van der Waals surface area contributed by atoms with Crippen LogP contribution >= 0.6 is 12.4 Å². The summed E-state index contributed by atoms with van der Waals surface area (Å²) >= 11 is 0. The number of methoxy groups -OCH3 is 1. The van der Waals surface area contributed by atoms with Crippen molar-refractivity contribution in [3.63, 3.8) is 0 Å². The van der Waals surface area contributed by atoms with E-state index in [-0.39, 0.29) is 42.6 Å². The Morgan fingerprint density at radius 2 is 1.77 bits per heavy atom. The minimum absolute atomic E-state index is 0. The van der Waals surface area contributed by atoms with E-state index in [9.17, 15) is 23.2 Å². The third-order valence-electron chi connectivity index (χ3n) is 6.03. The Balaban J connectivity index is 0.00000612. The predicted molar refractivity (Wildman–Crippen MR) is 135 cm³/mol. The van der Waals surface area contributed by atoms with Crippen molar-refractivity contribution in [3.8, 4) is 5.75 Å². The van der Waals surface area contributed by atoms with Crippen molar-refractivity contribution >= 4 is 34.2 Å². The van der Waals surface area contributed by atoms with E-state index in [1.54, 1.807) is 10.4 Å². The molecule has 1 saturated heterocycles. The Labute approximate surface area is 214 Å². The number of nitrogens with one attached hydrogen (secondary N) is 2. The predicted octanol–water partition coefficient (Wildman–Crippen LogP) is 2.02. The average Bonchev–Trinajstić information content (AvgIpc) is 2.81. The van der Waals surface area contributed by atoms with Gasteiger partial charge in [0.2, 0.25) is 15.9 Å². The molecule has 3 N–H and O–H groups in total. The molecule has 1 aromatic rings. The van der Waals surface area contributed by atoms with Crippen molar-refractivity contribution in [3.05, 3.63) is 24.3 Å². The van der Waals surface area contributed by atoms with E-state index in [0.29, 0.717) is 24.9 Å². The Kier molecular flexibility index (Phi) is 11.9. The Bertz CT molecular complexity index is 928. The van der Waals surface area contributed by atoms with Crippen LogP contribution < -0.4 is 15.5 Å². The van der Waals surface area contributed by atoms with Gasteiger partial charge in [-0.05, 0) is 56.0 Å². The highest BCUT2D eigenvalue weighted by molar-refractivity contribution is 7.89. The molecular formula is C23H39ClN4O6S. The molecule has 0 aliphatic carbocycles. The molecule has 1 aliphatic rings. The lowest BCUT2D eigenvalue weighted by molar-refractivity contribution is -0.136. The molecule has 1 aromatic carbocycles. The number of hydroxylamine groups is 1. The number of ether oxygens (including phenoxy) is 1. The standard InChI is InChI=1S/C23H38N4O6S.ClH/c1-23(2,3)16-20(22(29)25-30)27(34(31,32)19-8-6-18(33-5)7-9-19)15-12-21(28)26-13-10-17(24-4)11-14-26;/h6-9,17,20,24,30H,10-16H2,1-5H3,(H,25,29);1H. The summed E-state index contributed by atoms with van der Waals surface area (Å²) in [4.78, 5) is 27.3. The molecule has 1 aliphatic heterocycles. The van der Waals surface area contributed by atoms with Crippen LogP contribution in [0.5, 0.6) is 5.75 Å². The van der Waals surface area contributed by atoms with Crippen LogP contribution in [0, 0.1) is 5.41 Å². The average molecular weight is 535 g/mol. The van der Waals surface area contributed by atoms with Gasteiger partial charge >= 0.3 is 0 Å². The summed E-state index contributed by atoms with van der Waals surface area (Å²) in [6.45, 7) is 6.63. The first-order valence-corrected chi connectivity index (χ1v) is 12.9. The molecule has 2 rings (SSSR count). The van der Waals surface area contributed by atoms with Crippen molar-refractivity contribution in [1.82, 2.24) is 20.0 Å². The summed E-state index contributed by atoms with van der Waals surface area (Å²) in [5.41, 5.74) is 1.18. The Hall–Kier alpha value is -1.92. The molecule has 35 heavy (non-hydrogen) atoms. The molecule has 2 amide bonds. The van der Waals surface area contributed by atoms with Crippen molar-refractivity contribution in [2.24, 2.45) is 5.41 Å². The maximum absolute atomic E-state index is 13.6. The number of hydrogen-bond acceptors (Lipinski definition) is 7. The van der Waals surface area contributed by atoms with Gasteiger partial charge in [-0.1, -0.05) is 20.8 Å². The molecule has 1 atom stereocenters. The van der Waals surface area contributed by atoms with Gasteiger partial charge in [0.25, 0.3) is 5.91 Å². The molecule has 1 heterocycles. The molecular weight excluding hydrogens is 496 g/mol. The largest absolute Gasteiger partial charge is 0.497 e. The normalized spacial score (nSPS) is 15.9. The number of likely N-dealkylation sites (tertiary alicyclic amines) is 1. The van der Waals surface area contributed by atoms with Crippen LogP contribution in [-0.4, -0.2) is 80.5 Å². The fourth-order valence-corrected chi connectivity index (χ4v) is 5.68. The summed E-state index contributed by atoms with van der Waals surface area (Å²) in [6, 6.07) is 5.01. The van der Waals surface area contributed by atoms with Crippen molar-refractivity contribution in [2.45, 2.75) is 63.4 Å². The maximum Gasteiger partial charge on any atom is 0.261 e. The first-order chi connectivity index (χ1) is 15.9. The van der Waals surface area contributed by atoms with E-state index in [4.69, 9.17) is 4.74 Å². The number of benzene rings is 1. The summed E-state index contributed by atoms with van der Waals surface area (Å²) in [6.07, 6.45) is 1.74. The van der Waals surface area contributed by atoms with Crippen LogP contribution in [0.3, 0.4) is 0 Å². The van der Waals surface area contributed by atoms with Gasteiger partial charge in [-0.15, -0.1) is 12.4 Å². The second-order valence-electron chi connectivity index (χ2n) is 9.74. The first kappa shape index (κ1) is 31.1. The lowest BCUT2D eigenvalue weighted by Gasteiger charge is -2.35. The summed E-state index contributed by atoms with van der Waals surface area (Å²) in [7, 11) is -0.794. The van der Waals surface area contributed by atoms with E-state index in [1.165, 1.54) is 31.4 Å². The van der Waals surface area contributed by atoms with Gasteiger partial charge in [0.05, 0.1) is 12.0 Å². The molecule has 0 spiro atoms. The fourth-order valence-electron chi connectivity index (χ4n) is 4.09. The summed E-state index contributed by atoms with van der Waals surface area (Å²) in [5.74, 6) is -0.511. The zero-order chi connectivity index (χ0) is 25.5. The maximum atomic E-state index is 13.6. The second-order valence-corrected chi connectivity index (χ2v) is 11.6. The zero-order valence-electron chi connectivity index (χ0n) is 21.1. The van der Waals surface area contributed by atoms with Gasteiger partial charge in [-0.2, -0.15) is 4.31 Å². The number of carbonyl (C=O) groups excluding carboxylic acids is 2. The minimum Gasteiger partial charge on any atom is -0.497 e. The minimum atomic E-state index is -4.17. The number of rotatable bonds is 10. The SMILES string of the molecule is CNC1CCN(C(=O)CCN(C(CC(C)(C)C)C(=O)NO)S(=O)(=O)c2ccc(OC)cc2)CC1.Cl. The number of halogens is 1. The first-order valence-electron chi connectivity index (χ1n) is 11.5. The highest BCUT2D eigenvalue weighted by Gasteiger charge is 2.38. The fraction of sp³-hybridized carbons (Fsp3) is 0.652. The molecule has 200 valence electrons. The van der Waals surface area contributed by atoms with Crippen LogP contribution in [0.25, 0.3) is 0 Å². The van der Waals surface area contributed by atoms with Gasteiger partial charge in [0.1, 0.15) is 11.8 Å². The highest BCUT2D eigenvalue weighted by Crippen LogP contribution is 2.29. The summed E-state index contributed by atoms with van der Waals surface area (Å²) in [5, 5.41) is 12.6. The van der Waals surface area contributed by atoms with E-state index in [1.807, 2.05) is 27.8 Å². The number of sulfonamides is 1. The van der Waals surface area contributed by atoms with Crippen LogP contribution in [0.2, 0.25) is 0 Å². The van der Waals surface area contributed by atoms with Gasteiger partial charge in [0, 0.05) is 32.1 Å². The van der Waals surface area contributed by atoms with Crippen LogP contribution in [-0.2, 0) is 19.6 Å². The Morgan fingerprint density at radius 3 is 2.23 bits per heavy atom. The van der Waals surface area contributed by atoms with Crippen molar-refractivity contribution < 1.29 is 28.0 Å². The van der Waals surface area contributed by atoms with Gasteiger partial charge in [-0.25, -0.2) is 13.9 Å². The monoisotopic (exact) mass is 534 g/mol. The topological polar surface area (TPSA) is 128 Å². The molecule has 0 radical (unpaired) electrons. The van der Waals surface area contributed by atoms with Crippen molar-refractivity contribution in [1.29, 1.82) is 0 Å². The molecule has 10 nitrogen and oxygen atoms in total. The molecule has 0 saturated carbocycles. The molecule has 1 unspecified atom stereocenters. The van der Waals surface area contributed by atoms with E-state index in [0.717, 1.165) is 17.1 Å². The zero-order valence-corrected chi connectivity index (χ0v) is 22.7. The number of carbonyl (C=O) groups is 2. The molecule has 0 aromatic heterocycles. The molecule has 12 heteroatoms. The molecule has 0 bridgehead atoms. The smallest absolute Gasteiger partial charge is 0.261 e. The van der Waals surface area contributed by atoms with Crippen LogP contribution in [0.4, 0.5) is 0 Å². The highest BCUT2D eigenvalue weighted by atomic mass is 35.5. The lowest BCUT2D eigenvalue weighted by atomic mass is 9.87. The Morgan fingerprint density at radius 1 is 1.20 bits per heavy atom. The second kappa shape index (κ2) is 13.4.